The van der Waals surface area contributed by atoms with Crippen molar-refractivity contribution in [1.82, 2.24) is 29.7 Å². The van der Waals surface area contributed by atoms with Gasteiger partial charge in [-0.25, -0.2) is 4.68 Å². The molecule has 3 heterocycles. The minimum absolute atomic E-state index is 0.0169. The lowest BCUT2D eigenvalue weighted by Gasteiger charge is -2.29. The van der Waals surface area contributed by atoms with Crippen LogP contribution in [0.5, 0.6) is 0 Å². The van der Waals surface area contributed by atoms with Crippen molar-refractivity contribution in [1.29, 1.82) is 0 Å². The number of tetrazole rings is 1. The molecule has 2 aromatic heterocycles. The molecule has 0 bridgehead atoms. The van der Waals surface area contributed by atoms with Gasteiger partial charge in [-0.3, -0.25) is 9.59 Å². The number of aryl methyl sites for hydroxylation is 1. The largest absolute Gasteiger partial charge is 0.334 e. The van der Waals surface area contributed by atoms with Gasteiger partial charge in [0.15, 0.2) is 0 Å². The van der Waals surface area contributed by atoms with Crippen LogP contribution in [0.1, 0.15) is 21.5 Å². The standard InChI is InChI=1S/C17H16N6O2/c1-21-9-14-10-22(7-6-13(14)8-16(21)24)17(25)12-2-4-15(5-3-12)23-11-18-19-20-23/h2-5,8-9,11H,6-7,10H2,1H3. The summed E-state index contributed by atoms with van der Waals surface area (Å²) in [6, 6.07) is 8.83. The van der Waals surface area contributed by atoms with Crippen molar-refractivity contribution in [2.75, 3.05) is 6.54 Å². The highest BCUT2D eigenvalue weighted by Gasteiger charge is 2.22. The van der Waals surface area contributed by atoms with E-state index in [1.54, 1.807) is 34.7 Å². The van der Waals surface area contributed by atoms with Crippen molar-refractivity contribution in [3.63, 3.8) is 0 Å². The van der Waals surface area contributed by atoms with Crippen LogP contribution in [0.2, 0.25) is 0 Å². The Morgan fingerprint density at radius 1 is 1.16 bits per heavy atom. The van der Waals surface area contributed by atoms with E-state index in [-0.39, 0.29) is 11.5 Å². The van der Waals surface area contributed by atoms with Gasteiger partial charge in [-0.05, 0) is 52.2 Å². The van der Waals surface area contributed by atoms with Gasteiger partial charge in [-0.1, -0.05) is 0 Å². The van der Waals surface area contributed by atoms with Crippen molar-refractivity contribution in [2.24, 2.45) is 7.05 Å². The first-order chi connectivity index (χ1) is 12.1. The third-order valence-corrected chi connectivity index (χ3v) is 4.43. The highest BCUT2D eigenvalue weighted by molar-refractivity contribution is 5.94. The van der Waals surface area contributed by atoms with Crippen LogP contribution < -0.4 is 5.56 Å². The number of hydrogen-bond acceptors (Lipinski definition) is 5. The number of carbonyl (C=O) groups excluding carboxylic acids is 1. The van der Waals surface area contributed by atoms with Gasteiger partial charge in [0.25, 0.3) is 11.5 Å². The van der Waals surface area contributed by atoms with E-state index in [1.807, 2.05) is 18.3 Å². The molecule has 1 aliphatic heterocycles. The predicted octanol–water partition coefficient (Wildman–Crippen LogP) is 0.559. The van der Waals surface area contributed by atoms with Crippen LogP contribution in [0.4, 0.5) is 0 Å². The van der Waals surface area contributed by atoms with Gasteiger partial charge in [-0.2, -0.15) is 0 Å². The molecule has 25 heavy (non-hydrogen) atoms. The third kappa shape index (κ3) is 2.82. The maximum atomic E-state index is 12.8. The molecule has 126 valence electrons. The molecule has 0 atom stereocenters. The van der Waals surface area contributed by atoms with E-state index in [9.17, 15) is 9.59 Å². The number of aromatic nitrogens is 5. The zero-order valence-corrected chi connectivity index (χ0v) is 13.7. The van der Waals surface area contributed by atoms with E-state index < -0.39 is 0 Å². The second kappa shape index (κ2) is 5.97. The molecule has 8 nitrogen and oxygen atoms in total. The molecular weight excluding hydrogens is 320 g/mol. The zero-order chi connectivity index (χ0) is 17.4. The van der Waals surface area contributed by atoms with Gasteiger partial charge in [0.2, 0.25) is 0 Å². The highest BCUT2D eigenvalue weighted by Crippen LogP contribution is 2.19. The van der Waals surface area contributed by atoms with Crippen LogP contribution in [0, 0.1) is 0 Å². The third-order valence-electron chi connectivity index (χ3n) is 4.43. The van der Waals surface area contributed by atoms with Crippen LogP contribution in [0.3, 0.4) is 0 Å². The van der Waals surface area contributed by atoms with Gasteiger partial charge in [0.05, 0.1) is 5.69 Å². The van der Waals surface area contributed by atoms with E-state index in [1.165, 1.54) is 11.0 Å². The molecule has 1 aliphatic rings. The smallest absolute Gasteiger partial charge is 0.254 e. The fourth-order valence-electron chi connectivity index (χ4n) is 3.03. The summed E-state index contributed by atoms with van der Waals surface area (Å²) in [5, 5.41) is 11.0. The summed E-state index contributed by atoms with van der Waals surface area (Å²) in [5.41, 5.74) is 3.44. The van der Waals surface area contributed by atoms with E-state index in [4.69, 9.17) is 0 Å². The summed E-state index contributed by atoms with van der Waals surface area (Å²) < 4.78 is 3.08. The summed E-state index contributed by atoms with van der Waals surface area (Å²) in [4.78, 5) is 26.3. The first-order valence-corrected chi connectivity index (χ1v) is 7.93. The average molecular weight is 336 g/mol. The first-order valence-electron chi connectivity index (χ1n) is 7.93. The normalized spacial score (nSPS) is 13.6. The number of benzene rings is 1. The minimum Gasteiger partial charge on any atom is -0.334 e. The molecule has 8 heteroatoms. The van der Waals surface area contributed by atoms with Gasteiger partial charge in [-0.15, -0.1) is 5.10 Å². The fourth-order valence-corrected chi connectivity index (χ4v) is 3.03. The van der Waals surface area contributed by atoms with Crippen molar-refractivity contribution in [2.45, 2.75) is 13.0 Å². The molecule has 0 N–H and O–H groups in total. The molecule has 4 rings (SSSR count). The Morgan fingerprint density at radius 2 is 1.96 bits per heavy atom. The van der Waals surface area contributed by atoms with Crippen molar-refractivity contribution in [3.05, 3.63) is 69.9 Å². The Labute approximate surface area is 143 Å². The number of nitrogens with zero attached hydrogens (tertiary/aromatic N) is 6. The van der Waals surface area contributed by atoms with Crippen LogP contribution >= 0.6 is 0 Å². The van der Waals surface area contributed by atoms with E-state index in [0.29, 0.717) is 25.1 Å². The molecule has 1 amide bonds. The predicted molar refractivity (Wildman–Crippen MR) is 89.3 cm³/mol. The molecule has 0 unspecified atom stereocenters. The van der Waals surface area contributed by atoms with Gasteiger partial charge in [0.1, 0.15) is 6.33 Å². The zero-order valence-electron chi connectivity index (χ0n) is 13.7. The SMILES string of the molecule is Cn1cc2c(cc1=O)CCN(C(=O)c1ccc(-n3cnnn3)cc1)C2. The Hall–Kier alpha value is -3.29. The maximum absolute atomic E-state index is 12.8. The highest BCUT2D eigenvalue weighted by atomic mass is 16.2. The minimum atomic E-state index is -0.0252. The number of hydrogen-bond donors (Lipinski definition) is 0. The second-order valence-electron chi connectivity index (χ2n) is 6.05. The van der Waals surface area contributed by atoms with Crippen LogP contribution in [0.15, 0.2) is 47.7 Å². The summed E-state index contributed by atoms with van der Waals surface area (Å²) in [5.74, 6) is -0.0252. The lowest BCUT2D eigenvalue weighted by Crippen LogP contribution is -2.37. The van der Waals surface area contributed by atoms with E-state index in [2.05, 4.69) is 15.5 Å². The molecular formula is C17H16N6O2. The second-order valence-corrected chi connectivity index (χ2v) is 6.05. The summed E-state index contributed by atoms with van der Waals surface area (Å²) >= 11 is 0. The monoisotopic (exact) mass is 336 g/mol. The van der Waals surface area contributed by atoms with Crippen molar-refractivity contribution in [3.8, 4) is 5.69 Å². The number of fused-ring (bicyclic) bond motifs is 1. The number of amides is 1. The number of pyridine rings is 1. The first kappa shape index (κ1) is 15.3. The lowest BCUT2D eigenvalue weighted by molar-refractivity contribution is 0.0734. The summed E-state index contributed by atoms with van der Waals surface area (Å²) in [6.45, 7) is 1.12. The number of rotatable bonds is 2. The Bertz CT molecular complexity index is 975. The van der Waals surface area contributed by atoms with E-state index in [0.717, 1.165) is 16.8 Å². The Balaban J connectivity index is 1.55. The fraction of sp³-hybridized carbons (Fsp3) is 0.235. The van der Waals surface area contributed by atoms with Crippen LogP contribution in [-0.2, 0) is 20.0 Å². The average Bonchev–Trinajstić information content (AvgIpc) is 3.16. The summed E-state index contributed by atoms with van der Waals surface area (Å²) in [6.07, 6.45) is 4.01. The topological polar surface area (TPSA) is 85.9 Å². The van der Waals surface area contributed by atoms with Crippen molar-refractivity contribution < 1.29 is 4.79 Å². The quantitative estimate of drug-likeness (QED) is 0.682. The van der Waals surface area contributed by atoms with E-state index >= 15 is 0 Å². The molecule has 0 saturated heterocycles. The molecule has 0 fully saturated rings. The number of carbonyl (C=O) groups is 1. The molecule has 0 radical (unpaired) electrons. The molecule has 0 spiro atoms. The lowest BCUT2D eigenvalue weighted by atomic mass is 10.0. The Morgan fingerprint density at radius 3 is 2.68 bits per heavy atom. The van der Waals surface area contributed by atoms with Crippen molar-refractivity contribution >= 4 is 5.91 Å². The molecule has 0 saturated carbocycles. The summed E-state index contributed by atoms with van der Waals surface area (Å²) in [7, 11) is 1.72. The maximum Gasteiger partial charge on any atom is 0.254 e. The van der Waals surface area contributed by atoms with Gasteiger partial charge < -0.3 is 9.47 Å². The molecule has 1 aromatic carbocycles. The van der Waals surface area contributed by atoms with Crippen LogP contribution in [0.25, 0.3) is 5.69 Å². The molecule has 0 aliphatic carbocycles. The van der Waals surface area contributed by atoms with Crippen LogP contribution in [-0.4, -0.2) is 42.1 Å². The van der Waals surface area contributed by atoms with Gasteiger partial charge in [0, 0.05) is 38.0 Å². The van der Waals surface area contributed by atoms with Gasteiger partial charge >= 0.3 is 0 Å². The Kier molecular flexibility index (Phi) is 3.64. The molecule has 3 aromatic rings.